The summed E-state index contributed by atoms with van der Waals surface area (Å²) in [5.41, 5.74) is 3.23. The minimum atomic E-state index is 0.538. The first-order chi connectivity index (χ1) is 11.1. The second kappa shape index (κ2) is 5.84. The molecule has 1 N–H and O–H groups in total. The molecule has 3 nitrogen and oxygen atoms in total. The van der Waals surface area contributed by atoms with Crippen molar-refractivity contribution >= 4 is 33.7 Å². The fourth-order valence-electron chi connectivity index (χ4n) is 3.39. The number of aromatic nitrogens is 2. The Bertz CT molecular complexity index is 859. The molecule has 2 heterocycles. The van der Waals surface area contributed by atoms with Gasteiger partial charge in [-0.3, -0.25) is 4.40 Å². The van der Waals surface area contributed by atoms with Crippen molar-refractivity contribution in [3.8, 4) is 11.3 Å². The molecule has 0 aliphatic heterocycles. The van der Waals surface area contributed by atoms with Crippen LogP contribution >= 0.6 is 22.9 Å². The highest BCUT2D eigenvalue weighted by Gasteiger charge is 2.23. The van der Waals surface area contributed by atoms with E-state index >= 15 is 0 Å². The third-order valence-corrected chi connectivity index (χ3v) is 6.15. The molecule has 1 aliphatic carbocycles. The van der Waals surface area contributed by atoms with Crippen LogP contribution in [0.3, 0.4) is 0 Å². The van der Waals surface area contributed by atoms with Gasteiger partial charge in [0.1, 0.15) is 11.5 Å². The monoisotopic (exact) mass is 345 g/mol. The molecule has 4 rings (SSSR count). The van der Waals surface area contributed by atoms with Gasteiger partial charge in [0.15, 0.2) is 4.96 Å². The highest BCUT2D eigenvalue weighted by molar-refractivity contribution is 7.17. The molecule has 1 aromatic carbocycles. The largest absolute Gasteiger partial charge is 0.367 e. The van der Waals surface area contributed by atoms with Gasteiger partial charge in [-0.05, 0) is 32.8 Å². The smallest absolute Gasteiger partial charge is 0.196 e. The summed E-state index contributed by atoms with van der Waals surface area (Å²) in [4.78, 5) is 7.25. The van der Waals surface area contributed by atoms with E-state index in [4.69, 9.17) is 16.6 Å². The first-order valence-corrected chi connectivity index (χ1v) is 9.34. The quantitative estimate of drug-likeness (QED) is 0.661. The van der Waals surface area contributed by atoms with Gasteiger partial charge < -0.3 is 5.32 Å². The highest BCUT2D eigenvalue weighted by Crippen LogP contribution is 2.38. The number of halogens is 1. The number of thiazole rings is 1. The molecule has 2 aromatic heterocycles. The summed E-state index contributed by atoms with van der Waals surface area (Å²) in [6, 6.07) is 8.50. The van der Waals surface area contributed by atoms with Gasteiger partial charge >= 0.3 is 0 Å². The molecule has 23 heavy (non-hydrogen) atoms. The van der Waals surface area contributed by atoms with Crippen LogP contribution in [0.25, 0.3) is 16.2 Å². The van der Waals surface area contributed by atoms with Gasteiger partial charge in [-0.1, -0.05) is 42.6 Å². The highest BCUT2D eigenvalue weighted by atomic mass is 35.5. The van der Waals surface area contributed by atoms with Crippen molar-refractivity contribution in [3.05, 3.63) is 39.9 Å². The summed E-state index contributed by atoms with van der Waals surface area (Å²) in [5, 5.41) is 4.51. The summed E-state index contributed by atoms with van der Waals surface area (Å²) in [6.45, 7) is 4.32. The predicted octanol–water partition coefficient (Wildman–Crippen LogP) is 5.69. The Labute approximate surface area is 145 Å². The lowest BCUT2D eigenvalue weighted by molar-refractivity contribution is 0.748. The number of fused-ring (bicyclic) bond motifs is 1. The van der Waals surface area contributed by atoms with Gasteiger partial charge in [0.25, 0.3) is 0 Å². The first-order valence-electron chi connectivity index (χ1n) is 8.15. The Morgan fingerprint density at radius 3 is 2.70 bits per heavy atom. The van der Waals surface area contributed by atoms with Crippen molar-refractivity contribution in [2.75, 3.05) is 5.32 Å². The molecule has 120 valence electrons. The number of rotatable bonds is 3. The molecule has 0 unspecified atom stereocenters. The number of hydrogen-bond acceptors (Lipinski definition) is 3. The molecule has 1 fully saturated rings. The zero-order valence-corrected chi connectivity index (χ0v) is 15.0. The number of anilines is 1. The van der Waals surface area contributed by atoms with E-state index in [0.29, 0.717) is 6.04 Å². The van der Waals surface area contributed by atoms with Gasteiger partial charge in [-0.2, -0.15) is 0 Å². The van der Waals surface area contributed by atoms with Crippen LogP contribution in [0.1, 0.15) is 36.3 Å². The van der Waals surface area contributed by atoms with Gasteiger partial charge in [0, 0.05) is 22.2 Å². The number of imidazole rings is 1. The molecule has 1 aliphatic rings. The molecule has 3 aromatic rings. The zero-order chi connectivity index (χ0) is 16.0. The Balaban J connectivity index is 1.90. The molecule has 0 amide bonds. The second-order valence-electron chi connectivity index (χ2n) is 6.28. The van der Waals surface area contributed by atoms with Crippen LogP contribution in [0.5, 0.6) is 0 Å². The number of nitrogens with one attached hydrogen (secondary N) is 1. The van der Waals surface area contributed by atoms with Gasteiger partial charge in [-0.25, -0.2) is 4.98 Å². The van der Waals surface area contributed by atoms with Gasteiger partial charge in [0.05, 0.1) is 5.02 Å². The molecule has 0 spiro atoms. The third-order valence-electron chi connectivity index (χ3n) is 4.76. The molecule has 0 bridgehead atoms. The van der Waals surface area contributed by atoms with Gasteiger partial charge in [-0.15, -0.1) is 11.3 Å². The minimum Gasteiger partial charge on any atom is -0.367 e. The van der Waals surface area contributed by atoms with Crippen molar-refractivity contribution in [1.29, 1.82) is 0 Å². The number of benzene rings is 1. The maximum atomic E-state index is 6.44. The van der Waals surface area contributed by atoms with Crippen LogP contribution in [0, 0.1) is 13.8 Å². The number of hydrogen-bond donors (Lipinski definition) is 1. The van der Waals surface area contributed by atoms with E-state index in [1.165, 1.54) is 36.3 Å². The van der Waals surface area contributed by atoms with E-state index in [2.05, 4.69) is 29.6 Å². The van der Waals surface area contributed by atoms with E-state index in [1.807, 2.05) is 18.2 Å². The Morgan fingerprint density at radius 2 is 1.96 bits per heavy atom. The Morgan fingerprint density at radius 1 is 1.22 bits per heavy atom. The van der Waals surface area contributed by atoms with Crippen molar-refractivity contribution < 1.29 is 0 Å². The van der Waals surface area contributed by atoms with E-state index in [1.54, 1.807) is 11.3 Å². The number of nitrogens with zero attached hydrogens (tertiary/aromatic N) is 2. The van der Waals surface area contributed by atoms with Crippen LogP contribution in [0.4, 0.5) is 5.82 Å². The van der Waals surface area contributed by atoms with Crippen LogP contribution < -0.4 is 5.32 Å². The normalized spacial score (nSPS) is 15.6. The lowest BCUT2D eigenvalue weighted by Crippen LogP contribution is -2.16. The lowest BCUT2D eigenvalue weighted by atomic mass is 10.1. The van der Waals surface area contributed by atoms with Crippen molar-refractivity contribution in [3.63, 3.8) is 0 Å². The second-order valence-corrected chi connectivity index (χ2v) is 7.87. The van der Waals surface area contributed by atoms with E-state index in [-0.39, 0.29) is 0 Å². The predicted molar refractivity (Wildman–Crippen MR) is 98.9 cm³/mol. The lowest BCUT2D eigenvalue weighted by Gasteiger charge is -2.15. The topological polar surface area (TPSA) is 29.3 Å². The van der Waals surface area contributed by atoms with E-state index < -0.39 is 0 Å². The summed E-state index contributed by atoms with van der Waals surface area (Å²) in [7, 11) is 0. The average Bonchev–Trinajstić information content (AvgIpc) is 3.21. The van der Waals surface area contributed by atoms with Crippen molar-refractivity contribution in [2.45, 2.75) is 45.6 Å². The molecule has 5 heteroatoms. The first kappa shape index (κ1) is 15.0. The van der Waals surface area contributed by atoms with Crippen molar-refractivity contribution in [1.82, 2.24) is 9.38 Å². The van der Waals surface area contributed by atoms with Crippen LogP contribution in [-0.4, -0.2) is 15.4 Å². The Hall–Kier alpha value is -1.52. The van der Waals surface area contributed by atoms with Gasteiger partial charge in [0.2, 0.25) is 0 Å². The zero-order valence-electron chi connectivity index (χ0n) is 13.4. The summed E-state index contributed by atoms with van der Waals surface area (Å²) in [6.07, 6.45) is 5.08. The molecule has 1 saturated carbocycles. The minimum absolute atomic E-state index is 0.538. The average molecular weight is 346 g/mol. The van der Waals surface area contributed by atoms with Crippen LogP contribution in [-0.2, 0) is 0 Å². The SMILES string of the molecule is Cc1sc2nc(-c3ccccc3Cl)c(NC3CCCC3)n2c1C. The maximum Gasteiger partial charge on any atom is 0.196 e. The molecule has 0 radical (unpaired) electrons. The van der Waals surface area contributed by atoms with Crippen LogP contribution in [0.15, 0.2) is 24.3 Å². The third kappa shape index (κ3) is 2.54. The Kier molecular flexibility index (Phi) is 3.82. The molecular formula is C18H20ClN3S. The van der Waals surface area contributed by atoms with Crippen LogP contribution in [0.2, 0.25) is 5.02 Å². The maximum absolute atomic E-state index is 6.44. The summed E-state index contributed by atoms with van der Waals surface area (Å²) in [5.74, 6) is 1.10. The van der Waals surface area contributed by atoms with E-state index in [0.717, 1.165) is 27.1 Å². The fraction of sp³-hybridized carbons (Fsp3) is 0.389. The summed E-state index contributed by atoms with van der Waals surface area (Å²) >= 11 is 8.18. The molecule has 0 atom stereocenters. The summed E-state index contributed by atoms with van der Waals surface area (Å²) < 4.78 is 2.26. The fourth-order valence-corrected chi connectivity index (χ4v) is 4.58. The van der Waals surface area contributed by atoms with E-state index in [9.17, 15) is 0 Å². The molecular weight excluding hydrogens is 326 g/mol. The van der Waals surface area contributed by atoms with Crippen molar-refractivity contribution in [2.24, 2.45) is 0 Å². The standard InChI is InChI=1S/C18H20ClN3S/c1-11-12(2)23-18-21-16(14-9-5-6-10-15(14)19)17(22(11)18)20-13-7-3-4-8-13/h5-6,9-10,13,20H,3-4,7-8H2,1-2H3. The molecule has 0 saturated heterocycles. The number of aryl methyl sites for hydroxylation is 2.